The number of ether oxygens (including phenoxy) is 1. The number of nitrogens with zero attached hydrogens (tertiary/aromatic N) is 1. The number of nitrogens with one attached hydrogen (secondary N) is 1. The van der Waals surface area contributed by atoms with Crippen LogP contribution in [-0.2, 0) is 20.7 Å². The zero-order chi connectivity index (χ0) is 20.8. The van der Waals surface area contributed by atoms with Gasteiger partial charge in [-0.3, -0.25) is 24.1 Å². The minimum atomic E-state index is -0.703. The molecule has 8 heteroatoms. The summed E-state index contributed by atoms with van der Waals surface area (Å²) in [6, 6.07) is 12.7. The van der Waals surface area contributed by atoms with Crippen molar-refractivity contribution >= 4 is 23.7 Å². The SMILES string of the molecule is O=C(COC(=O)CCN1C(=O)c2ccccc2C1=O)NCCc1ccccc1F. The molecule has 1 aliphatic rings. The van der Waals surface area contributed by atoms with E-state index in [-0.39, 0.29) is 25.3 Å². The first-order valence-corrected chi connectivity index (χ1v) is 9.08. The zero-order valence-electron chi connectivity index (χ0n) is 15.5. The van der Waals surface area contributed by atoms with Gasteiger partial charge in [-0.2, -0.15) is 0 Å². The number of carbonyl (C=O) groups is 4. The molecule has 0 fully saturated rings. The second kappa shape index (κ2) is 9.09. The Morgan fingerprint density at radius 3 is 2.24 bits per heavy atom. The molecule has 29 heavy (non-hydrogen) atoms. The average Bonchev–Trinajstić information content (AvgIpc) is 2.97. The molecule has 150 valence electrons. The molecule has 0 aromatic heterocycles. The van der Waals surface area contributed by atoms with Gasteiger partial charge in [0.2, 0.25) is 0 Å². The van der Waals surface area contributed by atoms with Gasteiger partial charge in [0.15, 0.2) is 6.61 Å². The highest BCUT2D eigenvalue weighted by Crippen LogP contribution is 2.22. The average molecular weight is 398 g/mol. The van der Waals surface area contributed by atoms with E-state index in [2.05, 4.69) is 5.32 Å². The monoisotopic (exact) mass is 398 g/mol. The van der Waals surface area contributed by atoms with E-state index >= 15 is 0 Å². The van der Waals surface area contributed by atoms with Gasteiger partial charge < -0.3 is 10.1 Å². The third-order valence-corrected chi connectivity index (χ3v) is 4.46. The molecule has 2 aromatic carbocycles. The predicted octanol–water partition coefficient (Wildman–Crippen LogP) is 1.71. The summed E-state index contributed by atoms with van der Waals surface area (Å²) >= 11 is 0. The van der Waals surface area contributed by atoms with E-state index in [1.54, 1.807) is 42.5 Å². The predicted molar refractivity (Wildman–Crippen MR) is 100 cm³/mol. The van der Waals surface area contributed by atoms with Crippen LogP contribution in [0.1, 0.15) is 32.7 Å². The minimum absolute atomic E-state index is 0.125. The highest BCUT2D eigenvalue weighted by molar-refractivity contribution is 6.21. The van der Waals surface area contributed by atoms with Crippen molar-refractivity contribution < 1.29 is 28.3 Å². The smallest absolute Gasteiger partial charge is 0.308 e. The van der Waals surface area contributed by atoms with E-state index in [1.165, 1.54) is 6.07 Å². The van der Waals surface area contributed by atoms with Gasteiger partial charge in [0.1, 0.15) is 5.82 Å². The van der Waals surface area contributed by atoms with Crippen LogP contribution in [-0.4, -0.2) is 48.3 Å². The van der Waals surface area contributed by atoms with Crippen molar-refractivity contribution in [1.82, 2.24) is 10.2 Å². The molecule has 7 nitrogen and oxygen atoms in total. The van der Waals surface area contributed by atoms with Gasteiger partial charge in [-0.25, -0.2) is 4.39 Å². The summed E-state index contributed by atoms with van der Waals surface area (Å²) in [6.45, 7) is -0.412. The molecule has 0 unspecified atom stereocenters. The van der Waals surface area contributed by atoms with Crippen LogP contribution in [0, 0.1) is 5.82 Å². The summed E-state index contributed by atoms with van der Waals surface area (Å²) in [5.41, 5.74) is 1.09. The third kappa shape index (κ3) is 4.84. The first-order valence-electron chi connectivity index (χ1n) is 9.08. The molecule has 0 bridgehead atoms. The van der Waals surface area contributed by atoms with Gasteiger partial charge in [0.25, 0.3) is 17.7 Å². The topological polar surface area (TPSA) is 92.8 Å². The summed E-state index contributed by atoms with van der Waals surface area (Å²) in [5.74, 6) is -2.48. The Kier molecular flexibility index (Phi) is 6.33. The van der Waals surface area contributed by atoms with E-state index in [4.69, 9.17) is 4.74 Å². The van der Waals surface area contributed by atoms with Crippen LogP contribution < -0.4 is 5.32 Å². The lowest BCUT2D eigenvalue weighted by Gasteiger charge is -2.13. The first kappa shape index (κ1) is 20.2. The quantitative estimate of drug-likeness (QED) is 0.540. The van der Waals surface area contributed by atoms with E-state index in [9.17, 15) is 23.6 Å². The highest BCUT2D eigenvalue weighted by atomic mass is 19.1. The van der Waals surface area contributed by atoms with Crippen LogP contribution >= 0.6 is 0 Å². The largest absolute Gasteiger partial charge is 0.456 e. The number of carbonyl (C=O) groups excluding carboxylic acids is 4. The Morgan fingerprint density at radius 1 is 0.966 bits per heavy atom. The van der Waals surface area contributed by atoms with Crippen LogP contribution in [0.4, 0.5) is 4.39 Å². The fourth-order valence-electron chi connectivity index (χ4n) is 2.95. The van der Waals surface area contributed by atoms with Gasteiger partial charge in [0.05, 0.1) is 17.5 Å². The standard InChI is InChI=1S/C21H19FN2O5/c22-17-8-4-1-5-14(17)9-11-23-18(25)13-29-19(26)10-12-24-20(27)15-6-2-3-7-16(15)21(24)28/h1-8H,9-13H2,(H,23,25). The number of hydrogen-bond donors (Lipinski definition) is 1. The second-order valence-electron chi connectivity index (χ2n) is 6.41. The van der Waals surface area contributed by atoms with Crippen molar-refractivity contribution in [3.05, 3.63) is 71.0 Å². The molecule has 1 aliphatic heterocycles. The summed E-state index contributed by atoms with van der Waals surface area (Å²) in [4.78, 5) is 49.0. The Bertz CT molecular complexity index is 925. The number of amides is 3. The van der Waals surface area contributed by atoms with Gasteiger partial charge in [-0.1, -0.05) is 30.3 Å². The Morgan fingerprint density at radius 2 is 1.59 bits per heavy atom. The number of rotatable bonds is 8. The molecule has 1 heterocycles. The van der Waals surface area contributed by atoms with E-state index in [1.807, 2.05) is 0 Å². The fourth-order valence-corrected chi connectivity index (χ4v) is 2.95. The van der Waals surface area contributed by atoms with E-state index < -0.39 is 30.3 Å². The molecule has 1 N–H and O–H groups in total. The van der Waals surface area contributed by atoms with Crippen LogP contribution in [0.15, 0.2) is 48.5 Å². The molecule has 0 saturated heterocycles. The molecule has 0 saturated carbocycles. The third-order valence-electron chi connectivity index (χ3n) is 4.46. The van der Waals surface area contributed by atoms with Crippen molar-refractivity contribution in [2.24, 2.45) is 0 Å². The fraction of sp³-hybridized carbons (Fsp3) is 0.238. The summed E-state index contributed by atoms with van der Waals surface area (Å²) in [6.07, 6.45) is 0.0973. The molecule has 2 aromatic rings. The van der Waals surface area contributed by atoms with Crippen LogP contribution in [0.3, 0.4) is 0 Å². The zero-order valence-corrected chi connectivity index (χ0v) is 15.5. The molecule has 3 rings (SSSR count). The van der Waals surface area contributed by atoms with E-state index in [0.29, 0.717) is 23.1 Å². The van der Waals surface area contributed by atoms with Gasteiger partial charge in [-0.15, -0.1) is 0 Å². The first-order chi connectivity index (χ1) is 14.0. The summed E-state index contributed by atoms with van der Waals surface area (Å²) in [7, 11) is 0. The molecule has 0 atom stereocenters. The molecular weight excluding hydrogens is 379 g/mol. The number of hydrogen-bond acceptors (Lipinski definition) is 5. The van der Waals surface area contributed by atoms with Gasteiger partial charge in [0, 0.05) is 13.1 Å². The van der Waals surface area contributed by atoms with Crippen molar-refractivity contribution in [2.75, 3.05) is 19.7 Å². The van der Waals surface area contributed by atoms with Crippen LogP contribution in [0.2, 0.25) is 0 Å². The lowest BCUT2D eigenvalue weighted by molar-refractivity contribution is -0.148. The molecule has 0 aliphatic carbocycles. The number of imide groups is 1. The maximum Gasteiger partial charge on any atom is 0.308 e. The van der Waals surface area contributed by atoms with Crippen molar-refractivity contribution in [3.63, 3.8) is 0 Å². The molecule has 0 spiro atoms. The van der Waals surface area contributed by atoms with Gasteiger partial charge >= 0.3 is 5.97 Å². The minimum Gasteiger partial charge on any atom is -0.456 e. The van der Waals surface area contributed by atoms with Crippen molar-refractivity contribution in [3.8, 4) is 0 Å². The number of benzene rings is 2. The molecular formula is C21H19FN2O5. The molecule has 0 radical (unpaired) electrons. The lowest BCUT2D eigenvalue weighted by Crippen LogP contribution is -2.33. The Labute approximate surface area is 166 Å². The Hall–Kier alpha value is -3.55. The molecule has 3 amide bonds. The Balaban J connectivity index is 1.37. The van der Waals surface area contributed by atoms with Crippen LogP contribution in [0.25, 0.3) is 0 Å². The second-order valence-corrected chi connectivity index (χ2v) is 6.41. The van der Waals surface area contributed by atoms with E-state index in [0.717, 1.165) is 4.90 Å². The maximum atomic E-state index is 13.5. The number of esters is 1. The normalized spacial score (nSPS) is 12.7. The summed E-state index contributed by atoms with van der Waals surface area (Å²) < 4.78 is 18.4. The van der Waals surface area contributed by atoms with Crippen molar-refractivity contribution in [2.45, 2.75) is 12.8 Å². The van der Waals surface area contributed by atoms with Gasteiger partial charge in [-0.05, 0) is 30.2 Å². The number of halogens is 1. The maximum absolute atomic E-state index is 13.5. The van der Waals surface area contributed by atoms with Crippen LogP contribution in [0.5, 0.6) is 0 Å². The lowest BCUT2D eigenvalue weighted by atomic mass is 10.1. The highest BCUT2D eigenvalue weighted by Gasteiger charge is 2.35. The van der Waals surface area contributed by atoms with Crippen molar-refractivity contribution in [1.29, 1.82) is 0 Å². The number of fused-ring (bicyclic) bond motifs is 1. The summed E-state index contributed by atoms with van der Waals surface area (Å²) in [5, 5.41) is 2.54.